The van der Waals surface area contributed by atoms with Crippen molar-refractivity contribution in [3.05, 3.63) is 64.3 Å². The number of hydrogen-bond donors (Lipinski definition) is 1. The van der Waals surface area contributed by atoms with Crippen molar-refractivity contribution in [3.8, 4) is 6.07 Å². The molecule has 1 N–H and O–H groups in total. The number of furan rings is 1. The van der Waals surface area contributed by atoms with E-state index in [-0.39, 0.29) is 11.3 Å². The maximum atomic E-state index is 12.5. The minimum absolute atomic E-state index is 0.275. The molecule has 0 radical (unpaired) electrons. The zero-order chi connectivity index (χ0) is 17.1. The lowest BCUT2D eigenvalue weighted by molar-refractivity contribution is 0.106. The number of fused-ring (bicyclic) bond motifs is 1. The van der Waals surface area contributed by atoms with Crippen LogP contribution < -0.4 is 5.43 Å². The molecule has 3 aromatic rings. The number of nitriles is 1. The van der Waals surface area contributed by atoms with Crippen LogP contribution in [0.25, 0.3) is 11.0 Å². The minimum Gasteiger partial charge on any atom is -0.464 e. The summed E-state index contributed by atoms with van der Waals surface area (Å²) >= 11 is 11.8. The molecule has 0 saturated carbocycles. The van der Waals surface area contributed by atoms with Crippen LogP contribution in [0.1, 0.15) is 10.4 Å². The van der Waals surface area contributed by atoms with Gasteiger partial charge in [0, 0.05) is 15.4 Å². The van der Waals surface area contributed by atoms with Crippen LogP contribution in [0.5, 0.6) is 0 Å². The SMILES string of the molecule is N#C/C(=N\Nc1cc(Cl)cc(Cl)c1)C(=O)c1coc2ccccc12. The lowest BCUT2D eigenvalue weighted by atomic mass is 10.1. The van der Waals surface area contributed by atoms with Gasteiger partial charge in [-0.3, -0.25) is 10.2 Å². The molecule has 0 atom stereocenters. The van der Waals surface area contributed by atoms with Crippen LogP contribution in [-0.4, -0.2) is 11.5 Å². The highest BCUT2D eigenvalue weighted by molar-refractivity contribution is 6.52. The Bertz CT molecular complexity index is 982. The van der Waals surface area contributed by atoms with Gasteiger partial charge in [-0.2, -0.15) is 10.4 Å². The number of benzene rings is 2. The first-order valence-corrected chi connectivity index (χ1v) is 7.55. The summed E-state index contributed by atoms with van der Waals surface area (Å²) in [5.41, 5.74) is 3.61. The third-order valence-electron chi connectivity index (χ3n) is 3.21. The predicted molar refractivity (Wildman–Crippen MR) is 93.7 cm³/mol. The maximum absolute atomic E-state index is 12.5. The van der Waals surface area contributed by atoms with E-state index in [2.05, 4.69) is 10.5 Å². The number of anilines is 1. The van der Waals surface area contributed by atoms with Gasteiger partial charge in [-0.15, -0.1) is 0 Å². The van der Waals surface area contributed by atoms with Crippen LogP contribution in [0.15, 0.2) is 58.2 Å². The molecule has 0 amide bonds. The molecule has 0 aliphatic carbocycles. The highest BCUT2D eigenvalue weighted by atomic mass is 35.5. The minimum atomic E-state index is -0.539. The van der Waals surface area contributed by atoms with Gasteiger partial charge in [0.25, 0.3) is 0 Å². The molecule has 0 aliphatic heterocycles. The van der Waals surface area contributed by atoms with E-state index in [1.165, 1.54) is 6.26 Å². The van der Waals surface area contributed by atoms with Crippen LogP contribution in [0.4, 0.5) is 5.69 Å². The van der Waals surface area contributed by atoms with Crippen molar-refractivity contribution in [2.24, 2.45) is 5.10 Å². The molecule has 24 heavy (non-hydrogen) atoms. The van der Waals surface area contributed by atoms with Crippen molar-refractivity contribution >= 4 is 51.4 Å². The van der Waals surface area contributed by atoms with E-state index >= 15 is 0 Å². The van der Waals surface area contributed by atoms with Crippen LogP contribution in [0.3, 0.4) is 0 Å². The fraction of sp³-hybridized carbons (Fsp3) is 0. The zero-order valence-electron chi connectivity index (χ0n) is 12.1. The maximum Gasteiger partial charge on any atom is 0.227 e. The Morgan fingerprint density at radius 1 is 1.17 bits per heavy atom. The Morgan fingerprint density at radius 2 is 1.88 bits per heavy atom. The number of carbonyl (C=O) groups is 1. The fourth-order valence-electron chi connectivity index (χ4n) is 2.15. The monoisotopic (exact) mass is 357 g/mol. The summed E-state index contributed by atoms with van der Waals surface area (Å²) in [6.07, 6.45) is 1.32. The number of hydrazone groups is 1. The summed E-state index contributed by atoms with van der Waals surface area (Å²) in [5, 5.41) is 14.5. The Balaban J connectivity index is 1.90. The summed E-state index contributed by atoms with van der Waals surface area (Å²) in [4.78, 5) is 12.5. The summed E-state index contributed by atoms with van der Waals surface area (Å²) < 4.78 is 5.32. The smallest absolute Gasteiger partial charge is 0.227 e. The normalized spacial score (nSPS) is 11.3. The second kappa shape index (κ2) is 6.75. The van der Waals surface area contributed by atoms with Gasteiger partial charge in [0.1, 0.15) is 17.9 Å². The van der Waals surface area contributed by atoms with Crippen molar-refractivity contribution in [3.63, 3.8) is 0 Å². The lowest BCUT2D eigenvalue weighted by Gasteiger charge is -2.03. The van der Waals surface area contributed by atoms with Gasteiger partial charge in [-0.25, -0.2) is 0 Å². The quantitative estimate of drug-likeness (QED) is 0.408. The van der Waals surface area contributed by atoms with Gasteiger partial charge in [0.05, 0.1) is 11.3 Å². The standard InChI is InChI=1S/C17H9Cl2N3O2/c18-10-5-11(19)7-12(6-10)21-22-15(8-20)17(23)14-9-24-16-4-2-1-3-13(14)16/h1-7,9,21H/b22-15+. The predicted octanol–water partition coefficient (Wildman–Crippen LogP) is 4.91. The molecule has 0 saturated heterocycles. The van der Waals surface area contributed by atoms with Gasteiger partial charge < -0.3 is 4.42 Å². The molecule has 2 aromatic carbocycles. The number of carbonyl (C=O) groups excluding carboxylic acids is 1. The summed E-state index contributed by atoms with van der Waals surface area (Å²) in [5.74, 6) is -0.539. The average molecular weight is 358 g/mol. The molecule has 0 spiro atoms. The number of nitrogens with zero attached hydrogens (tertiary/aromatic N) is 2. The first-order chi connectivity index (χ1) is 11.6. The van der Waals surface area contributed by atoms with Gasteiger partial charge in [-0.1, -0.05) is 41.4 Å². The van der Waals surface area contributed by atoms with E-state index in [0.29, 0.717) is 26.7 Å². The molecule has 0 unspecified atom stereocenters. The van der Waals surface area contributed by atoms with E-state index in [1.54, 1.807) is 48.5 Å². The van der Waals surface area contributed by atoms with E-state index in [9.17, 15) is 10.1 Å². The van der Waals surface area contributed by atoms with Crippen LogP contribution in [0.2, 0.25) is 10.0 Å². The number of Topliss-reactive ketones (excluding diaryl/α,β-unsaturated/α-hetero) is 1. The number of nitrogens with one attached hydrogen (secondary N) is 1. The number of para-hydroxylation sites is 1. The first kappa shape index (κ1) is 16.1. The summed E-state index contributed by atoms with van der Waals surface area (Å²) in [6, 6.07) is 13.5. The topological polar surface area (TPSA) is 78.4 Å². The molecule has 0 bridgehead atoms. The molecular weight excluding hydrogens is 349 g/mol. The highest BCUT2D eigenvalue weighted by Crippen LogP contribution is 2.23. The second-order valence-electron chi connectivity index (χ2n) is 4.82. The lowest BCUT2D eigenvalue weighted by Crippen LogP contribution is -2.13. The van der Waals surface area contributed by atoms with Gasteiger partial charge in [0.15, 0.2) is 0 Å². The second-order valence-corrected chi connectivity index (χ2v) is 5.69. The van der Waals surface area contributed by atoms with E-state index in [4.69, 9.17) is 27.6 Å². The first-order valence-electron chi connectivity index (χ1n) is 6.79. The third kappa shape index (κ3) is 3.25. The average Bonchev–Trinajstić information content (AvgIpc) is 2.98. The van der Waals surface area contributed by atoms with E-state index in [1.807, 2.05) is 0 Å². The molecular formula is C17H9Cl2N3O2. The molecule has 0 fully saturated rings. The van der Waals surface area contributed by atoms with E-state index < -0.39 is 5.78 Å². The Kier molecular flexibility index (Phi) is 4.52. The molecule has 1 heterocycles. The number of halogens is 2. The molecule has 7 heteroatoms. The third-order valence-corrected chi connectivity index (χ3v) is 3.64. The van der Waals surface area contributed by atoms with Gasteiger partial charge in [-0.05, 0) is 24.3 Å². The molecule has 118 valence electrons. The molecule has 0 aliphatic rings. The zero-order valence-corrected chi connectivity index (χ0v) is 13.6. The van der Waals surface area contributed by atoms with Crippen LogP contribution in [-0.2, 0) is 0 Å². The van der Waals surface area contributed by atoms with Crippen molar-refractivity contribution in [2.45, 2.75) is 0 Å². The van der Waals surface area contributed by atoms with Crippen molar-refractivity contribution in [2.75, 3.05) is 5.43 Å². The Morgan fingerprint density at radius 3 is 2.58 bits per heavy atom. The Hall–Kier alpha value is -2.81. The van der Waals surface area contributed by atoms with Crippen LogP contribution in [0, 0.1) is 11.3 Å². The number of ketones is 1. The van der Waals surface area contributed by atoms with Gasteiger partial charge in [0.2, 0.25) is 11.5 Å². The summed E-state index contributed by atoms with van der Waals surface area (Å²) in [7, 11) is 0. The van der Waals surface area contributed by atoms with Gasteiger partial charge >= 0.3 is 0 Å². The molecule has 5 nitrogen and oxygen atoms in total. The largest absolute Gasteiger partial charge is 0.464 e. The number of rotatable bonds is 4. The van der Waals surface area contributed by atoms with Crippen LogP contribution >= 0.6 is 23.2 Å². The fourth-order valence-corrected chi connectivity index (χ4v) is 2.67. The van der Waals surface area contributed by atoms with Crippen molar-refractivity contribution in [1.82, 2.24) is 0 Å². The van der Waals surface area contributed by atoms with E-state index in [0.717, 1.165) is 0 Å². The molecule has 1 aromatic heterocycles. The molecule has 3 rings (SSSR count). The van der Waals surface area contributed by atoms with Crippen molar-refractivity contribution < 1.29 is 9.21 Å². The summed E-state index contributed by atoms with van der Waals surface area (Å²) in [6.45, 7) is 0. The van der Waals surface area contributed by atoms with Crippen molar-refractivity contribution in [1.29, 1.82) is 5.26 Å². The Labute approximate surface area is 147 Å². The highest BCUT2D eigenvalue weighted by Gasteiger charge is 2.19. The number of hydrogen-bond acceptors (Lipinski definition) is 5.